The fourth-order valence-corrected chi connectivity index (χ4v) is 6.35. The molecule has 0 bridgehead atoms. The van der Waals surface area contributed by atoms with Gasteiger partial charge in [-0.25, -0.2) is 0 Å². The minimum absolute atomic E-state index is 0.0821. The van der Waals surface area contributed by atoms with E-state index in [-0.39, 0.29) is 17.1 Å². The molecular formula is C30H27N4O5+. The number of carbonyl (C=O) groups is 3. The van der Waals surface area contributed by atoms with Crippen molar-refractivity contribution in [1.29, 1.82) is 0 Å². The van der Waals surface area contributed by atoms with Crippen molar-refractivity contribution in [3.05, 3.63) is 77.2 Å². The molecule has 1 N–H and O–H groups in total. The Morgan fingerprint density at radius 2 is 1.79 bits per heavy atom. The van der Waals surface area contributed by atoms with E-state index >= 15 is 0 Å². The Kier molecular flexibility index (Phi) is 5.57. The zero-order chi connectivity index (χ0) is 26.6. The number of benzene rings is 2. The summed E-state index contributed by atoms with van der Waals surface area (Å²) in [5.41, 5.74) is 5.17. The molecule has 0 saturated carbocycles. The third-order valence-electron chi connectivity index (χ3n) is 8.18. The molecule has 196 valence electrons. The average molecular weight is 524 g/mol. The van der Waals surface area contributed by atoms with Crippen LogP contribution in [0.5, 0.6) is 0 Å². The van der Waals surface area contributed by atoms with Crippen molar-refractivity contribution in [3.8, 4) is 0 Å². The Morgan fingerprint density at radius 3 is 2.67 bits per heavy atom. The fraction of sp³-hybridized carbons (Fsp3) is 0.267. The second-order valence-electron chi connectivity index (χ2n) is 10.3. The Hall–Kier alpha value is -4.34. The fourth-order valence-electron chi connectivity index (χ4n) is 6.35. The van der Waals surface area contributed by atoms with Crippen molar-refractivity contribution in [1.82, 2.24) is 14.7 Å². The van der Waals surface area contributed by atoms with E-state index in [9.17, 15) is 14.4 Å². The third-order valence-corrected chi connectivity index (χ3v) is 8.18. The summed E-state index contributed by atoms with van der Waals surface area (Å²) in [4.78, 5) is 46.6. The number of rotatable bonds is 4. The number of quaternary nitrogens is 1. The highest BCUT2D eigenvalue weighted by Crippen LogP contribution is 2.46. The molecule has 3 aromatic rings. The molecular weight excluding hydrogens is 496 g/mol. The molecule has 1 unspecified atom stereocenters. The van der Waals surface area contributed by atoms with E-state index in [0.29, 0.717) is 60.6 Å². The van der Waals surface area contributed by atoms with Crippen LogP contribution in [0.2, 0.25) is 0 Å². The molecule has 9 nitrogen and oxygen atoms in total. The molecule has 0 radical (unpaired) electrons. The number of hydrogen-bond acceptors (Lipinski definition) is 6. The van der Waals surface area contributed by atoms with Gasteiger partial charge in [0.2, 0.25) is 0 Å². The lowest BCUT2D eigenvalue weighted by Crippen LogP contribution is -2.57. The number of nitrogens with one attached hydrogen (secondary N) is 1. The van der Waals surface area contributed by atoms with E-state index in [0.717, 1.165) is 35.2 Å². The van der Waals surface area contributed by atoms with Crippen molar-refractivity contribution in [2.45, 2.75) is 6.42 Å². The van der Waals surface area contributed by atoms with Gasteiger partial charge in [-0.2, -0.15) is 0 Å². The maximum atomic E-state index is 13.5. The van der Waals surface area contributed by atoms with Crippen LogP contribution in [0.3, 0.4) is 0 Å². The van der Waals surface area contributed by atoms with Crippen LogP contribution in [0, 0.1) is 0 Å². The molecule has 2 aromatic carbocycles. The first-order chi connectivity index (χ1) is 19.1. The van der Waals surface area contributed by atoms with Gasteiger partial charge >= 0.3 is 0 Å². The van der Waals surface area contributed by atoms with E-state index in [1.807, 2.05) is 41.4 Å². The molecule has 4 aliphatic rings. The third kappa shape index (κ3) is 3.77. The molecule has 4 aliphatic heterocycles. The molecule has 0 aliphatic carbocycles. The highest BCUT2D eigenvalue weighted by atomic mass is 16.5. The van der Waals surface area contributed by atoms with Crippen molar-refractivity contribution in [2.75, 3.05) is 45.9 Å². The van der Waals surface area contributed by atoms with Crippen molar-refractivity contribution in [3.63, 3.8) is 0 Å². The van der Waals surface area contributed by atoms with Gasteiger partial charge in [0.15, 0.2) is 6.54 Å². The lowest BCUT2D eigenvalue weighted by atomic mass is 9.89. The summed E-state index contributed by atoms with van der Waals surface area (Å²) in [6.07, 6.45) is 5.87. The molecule has 0 spiro atoms. The van der Waals surface area contributed by atoms with Crippen LogP contribution in [0.1, 0.15) is 16.7 Å². The molecule has 1 saturated heterocycles. The quantitative estimate of drug-likeness (QED) is 0.419. The van der Waals surface area contributed by atoms with Crippen LogP contribution >= 0.6 is 0 Å². The van der Waals surface area contributed by atoms with Gasteiger partial charge in [0, 0.05) is 53.4 Å². The van der Waals surface area contributed by atoms with Gasteiger partial charge in [0.1, 0.15) is 17.8 Å². The van der Waals surface area contributed by atoms with Crippen molar-refractivity contribution in [2.24, 2.45) is 4.99 Å². The summed E-state index contributed by atoms with van der Waals surface area (Å²) in [7, 11) is 0. The molecule has 7 rings (SSSR count). The minimum atomic E-state index is -0.473. The van der Waals surface area contributed by atoms with Gasteiger partial charge in [-0.15, -0.1) is 0 Å². The minimum Gasteiger partial charge on any atom is -0.464 e. The topological polar surface area (TPSA) is 101 Å². The van der Waals surface area contributed by atoms with Crippen LogP contribution in [0.4, 0.5) is 5.69 Å². The maximum absolute atomic E-state index is 13.5. The number of imide groups is 1. The largest absolute Gasteiger partial charge is 0.464 e. The zero-order valence-electron chi connectivity index (χ0n) is 21.3. The number of para-hydroxylation sites is 2. The Bertz CT molecular complexity index is 1640. The van der Waals surface area contributed by atoms with E-state index < -0.39 is 11.8 Å². The van der Waals surface area contributed by atoms with Gasteiger partial charge in [-0.1, -0.05) is 30.3 Å². The average Bonchev–Trinajstić information content (AvgIpc) is 3.64. The summed E-state index contributed by atoms with van der Waals surface area (Å²) in [6.45, 7) is 3.88. The van der Waals surface area contributed by atoms with Gasteiger partial charge in [-0.3, -0.25) is 29.2 Å². The van der Waals surface area contributed by atoms with Crippen LogP contribution in [-0.4, -0.2) is 74.8 Å². The SMILES string of the molecule is O=C1NC(=O)C(c2cccc3ccoc23)=C1C1=CN=CC[N+]2(CC(=O)N3CCOCC3)CCc3cccc1c32. The Morgan fingerprint density at radius 1 is 1.00 bits per heavy atom. The lowest BCUT2D eigenvalue weighted by molar-refractivity contribution is -0.136. The number of ether oxygens (including phenoxy) is 1. The summed E-state index contributed by atoms with van der Waals surface area (Å²) in [5, 5.41) is 3.34. The van der Waals surface area contributed by atoms with Gasteiger partial charge in [-0.05, 0) is 12.1 Å². The molecule has 9 heteroatoms. The van der Waals surface area contributed by atoms with Crippen LogP contribution in [-0.2, 0) is 25.5 Å². The predicted octanol–water partition coefficient (Wildman–Crippen LogP) is 2.69. The first-order valence-corrected chi connectivity index (χ1v) is 13.2. The summed E-state index contributed by atoms with van der Waals surface area (Å²) >= 11 is 0. The number of nitrogens with zero attached hydrogens (tertiary/aromatic N) is 3. The number of hydrogen-bond donors (Lipinski definition) is 1. The Labute approximate surface area is 224 Å². The first-order valence-electron chi connectivity index (χ1n) is 13.2. The van der Waals surface area contributed by atoms with E-state index in [4.69, 9.17) is 9.15 Å². The van der Waals surface area contributed by atoms with Crippen molar-refractivity contribution >= 4 is 51.7 Å². The normalized spacial score (nSPS) is 22.6. The highest BCUT2D eigenvalue weighted by molar-refractivity contribution is 6.41. The zero-order valence-corrected chi connectivity index (χ0v) is 21.3. The molecule has 5 heterocycles. The number of morpholine rings is 1. The molecule has 1 aromatic heterocycles. The number of carbonyl (C=O) groups excluding carboxylic acids is 3. The van der Waals surface area contributed by atoms with Gasteiger partial charge < -0.3 is 14.1 Å². The van der Waals surface area contributed by atoms with E-state index in [2.05, 4.69) is 16.4 Å². The van der Waals surface area contributed by atoms with Gasteiger partial charge in [0.05, 0.1) is 43.4 Å². The predicted molar refractivity (Wildman–Crippen MR) is 147 cm³/mol. The molecule has 1 fully saturated rings. The number of aliphatic imine (C=N–C) groups is 1. The summed E-state index contributed by atoms with van der Waals surface area (Å²) in [5.74, 6) is -0.862. The first kappa shape index (κ1) is 23.8. The van der Waals surface area contributed by atoms with Crippen molar-refractivity contribution < 1.29 is 23.5 Å². The standard InChI is InChI=1S/C30H26N4O5/c35-24(33-10-15-38-16-11-33)18-34-12-7-19-3-1-5-21(27(19)34)23(17-31-9-13-34)26-25(29(36)32-30(26)37)22-6-2-4-20-8-14-39-28(20)22/h1-6,8-9,14,17H,7,10-13,15-16,18H2/p+1. The second-order valence-corrected chi connectivity index (χ2v) is 10.3. The van der Waals surface area contributed by atoms with Crippen LogP contribution in [0.25, 0.3) is 22.1 Å². The monoisotopic (exact) mass is 523 g/mol. The summed E-state index contributed by atoms with van der Waals surface area (Å²) < 4.78 is 11.6. The molecule has 1 atom stereocenters. The van der Waals surface area contributed by atoms with Crippen LogP contribution in [0.15, 0.2) is 69.9 Å². The molecule has 39 heavy (non-hydrogen) atoms. The molecule has 3 amide bonds. The van der Waals surface area contributed by atoms with E-state index in [1.165, 1.54) is 0 Å². The maximum Gasteiger partial charge on any atom is 0.278 e. The summed E-state index contributed by atoms with van der Waals surface area (Å²) in [6, 6.07) is 13.4. The van der Waals surface area contributed by atoms with Crippen LogP contribution < -0.4 is 9.80 Å². The lowest BCUT2D eigenvalue weighted by Gasteiger charge is -2.37. The second kappa shape index (κ2) is 9.14. The highest BCUT2D eigenvalue weighted by Gasteiger charge is 2.45. The smallest absolute Gasteiger partial charge is 0.278 e. The number of amides is 3. The number of furan rings is 1. The van der Waals surface area contributed by atoms with E-state index in [1.54, 1.807) is 18.5 Å². The number of fused-ring (bicyclic) bond motifs is 1. The Balaban J connectivity index is 1.39. The van der Waals surface area contributed by atoms with Gasteiger partial charge in [0.25, 0.3) is 17.7 Å².